The molecular formula is C23H33IN4OS. The zero-order valence-electron chi connectivity index (χ0n) is 18.1. The number of thioether (sulfide) groups is 1. The molecule has 3 rings (SSSR count). The maximum Gasteiger partial charge on any atom is 0.191 e. The van der Waals surface area contributed by atoms with E-state index in [2.05, 4.69) is 76.2 Å². The van der Waals surface area contributed by atoms with Gasteiger partial charge in [0.25, 0.3) is 0 Å². The molecule has 1 heterocycles. The summed E-state index contributed by atoms with van der Waals surface area (Å²) in [6.07, 6.45) is 2.12. The lowest BCUT2D eigenvalue weighted by Gasteiger charge is -2.27. The summed E-state index contributed by atoms with van der Waals surface area (Å²) in [6.45, 7) is 8.26. The zero-order chi connectivity index (χ0) is 20.5. The molecule has 1 fully saturated rings. The monoisotopic (exact) mass is 540 g/mol. The highest BCUT2D eigenvalue weighted by Gasteiger charge is 2.13. The van der Waals surface area contributed by atoms with Gasteiger partial charge < -0.3 is 15.4 Å². The minimum absolute atomic E-state index is 0. The molecule has 1 aliphatic rings. The second-order valence-corrected chi connectivity index (χ2v) is 8.10. The van der Waals surface area contributed by atoms with Crippen LogP contribution in [0.3, 0.4) is 0 Å². The van der Waals surface area contributed by atoms with E-state index in [9.17, 15) is 0 Å². The van der Waals surface area contributed by atoms with Crippen molar-refractivity contribution >= 4 is 41.7 Å². The molecule has 1 saturated heterocycles. The Morgan fingerprint density at radius 2 is 1.70 bits per heavy atom. The molecule has 0 aliphatic carbocycles. The van der Waals surface area contributed by atoms with Crippen LogP contribution in [0.1, 0.15) is 22.3 Å². The van der Waals surface area contributed by atoms with Gasteiger partial charge in [-0.2, -0.15) is 0 Å². The highest BCUT2D eigenvalue weighted by Crippen LogP contribution is 2.21. The van der Waals surface area contributed by atoms with Crippen LogP contribution in [0.5, 0.6) is 0 Å². The van der Waals surface area contributed by atoms with E-state index < -0.39 is 0 Å². The number of aliphatic imine (C=N–C) groups is 1. The van der Waals surface area contributed by atoms with Crippen LogP contribution in [0.15, 0.2) is 52.4 Å². The summed E-state index contributed by atoms with van der Waals surface area (Å²) in [4.78, 5) is 8.16. The number of benzene rings is 2. The van der Waals surface area contributed by atoms with Gasteiger partial charge in [0.05, 0.1) is 13.2 Å². The van der Waals surface area contributed by atoms with Crippen molar-refractivity contribution in [2.45, 2.75) is 31.5 Å². The van der Waals surface area contributed by atoms with Gasteiger partial charge in [0.1, 0.15) is 0 Å². The lowest BCUT2D eigenvalue weighted by Crippen LogP contribution is -2.37. The Morgan fingerprint density at radius 1 is 1.03 bits per heavy atom. The standard InChI is InChI=1S/C23H32N4OS.HI/c1-18-8-9-20(22(14-18)29-3)16-26-23(24-2)25-15-19-6-4-5-7-21(19)17-27-10-12-28-13-11-27;/h4-9,14H,10-13,15-17H2,1-3H3,(H2,24,25,26);1H. The first-order chi connectivity index (χ1) is 14.2. The van der Waals surface area contributed by atoms with Gasteiger partial charge in [-0.3, -0.25) is 9.89 Å². The van der Waals surface area contributed by atoms with Crippen molar-refractivity contribution in [3.05, 3.63) is 64.7 Å². The molecule has 0 amide bonds. The lowest BCUT2D eigenvalue weighted by atomic mass is 10.1. The molecule has 0 radical (unpaired) electrons. The van der Waals surface area contributed by atoms with E-state index in [0.29, 0.717) is 0 Å². The summed E-state index contributed by atoms with van der Waals surface area (Å²) in [5.41, 5.74) is 5.25. The van der Waals surface area contributed by atoms with Gasteiger partial charge in [0.15, 0.2) is 5.96 Å². The molecule has 0 spiro atoms. The number of hydrogen-bond acceptors (Lipinski definition) is 4. The molecule has 0 aromatic heterocycles. The van der Waals surface area contributed by atoms with Crippen molar-refractivity contribution in [3.8, 4) is 0 Å². The smallest absolute Gasteiger partial charge is 0.191 e. The molecule has 0 atom stereocenters. The van der Waals surface area contributed by atoms with Crippen molar-refractivity contribution < 1.29 is 4.74 Å². The van der Waals surface area contributed by atoms with Crippen LogP contribution in [-0.4, -0.2) is 50.5 Å². The van der Waals surface area contributed by atoms with Crippen LogP contribution in [0.4, 0.5) is 0 Å². The first-order valence-corrected chi connectivity index (χ1v) is 11.4. The molecule has 30 heavy (non-hydrogen) atoms. The van der Waals surface area contributed by atoms with E-state index in [1.54, 1.807) is 11.8 Å². The van der Waals surface area contributed by atoms with Gasteiger partial charge in [-0.1, -0.05) is 36.4 Å². The molecule has 7 heteroatoms. The third-order valence-corrected chi connectivity index (χ3v) is 5.99. The average Bonchev–Trinajstić information content (AvgIpc) is 2.76. The van der Waals surface area contributed by atoms with Crippen LogP contribution in [0, 0.1) is 6.92 Å². The van der Waals surface area contributed by atoms with Crippen LogP contribution < -0.4 is 10.6 Å². The maximum absolute atomic E-state index is 5.47. The highest BCUT2D eigenvalue weighted by molar-refractivity contribution is 14.0. The zero-order valence-corrected chi connectivity index (χ0v) is 21.3. The number of guanidine groups is 1. The molecule has 164 valence electrons. The van der Waals surface area contributed by atoms with Crippen LogP contribution in [0.2, 0.25) is 0 Å². The summed E-state index contributed by atoms with van der Waals surface area (Å²) in [7, 11) is 1.82. The minimum atomic E-state index is 0. The molecule has 5 nitrogen and oxygen atoms in total. The van der Waals surface area contributed by atoms with Gasteiger partial charge in [0.2, 0.25) is 0 Å². The molecule has 1 aliphatic heterocycles. The number of rotatable bonds is 7. The number of morpholine rings is 1. The molecular weight excluding hydrogens is 507 g/mol. The van der Waals surface area contributed by atoms with Crippen LogP contribution >= 0.6 is 35.7 Å². The average molecular weight is 541 g/mol. The molecule has 0 bridgehead atoms. The highest BCUT2D eigenvalue weighted by atomic mass is 127. The van der Waals surface area contributed by atoms with E-state index in [-0.39, 0.29) is 24.0 Å². The second-order valence-electron chi connectivity index (χ2n) is 7.25. The normalized spacial score (nSPS) is 14.8. The van der Waals surface area contributed by atoms with Gasteiger partial charge in [-0.05, 0) is 41.5 Å². The second kappa shape index (κ2) is 13.2. The van der Waals surface area contributed by atoms with Crippen LogP contribution in [-0.2, 0) is 24.4 Å². The van der Waals surface area contributed by atoms with Crippen LogP contribution in [0.25, 0.3) is 0 Å². The molecule has 2 aromatic rings. The third-order valence-electron chi connectivity index (χ3n) is 5.17. The summed E-state index contributed by atoms with van der Waals surface area (Å²) >= 11 is 1.78. The van der Waals surface area contributed by atoms with Crippen molar-refractivity contribution in [3.63, 3.8) is 0 Å². The Hall–Kier alpha value is -1.29. The van der Waals surface area contributed by atoms with Crippen molar-refractivity contribution in [1.29, 1.82) is 0 Å². The summed E-state index contributed by atoms with van der Waals surface area (Å²) in [5.74, 6) is 0.818. The Labute approximate surface area is 202 Å². The minimum Gasteiger partial charge on any atom is -0.379 e. The van der Waals surface area contributed by atoms with E-state index >= 15 is 0 Å². The van der Waals surface area contributed by atoms with E-state index in [0.717, 1.165) is 51.9 Å². The maximum atomic E-state index is 5.47. The van der Waals surface area contributed by atoms with Crippen molar-refractivity contribution in [2.24, 2.45) is 4.99 Å². The number of aryl methyl sites for hydroxylation is 1. The Balaban J connectivity index is 0.00000320. The number of nitrogens with zero attached hydrogens (tertiary/aromatic N) is 2. The summed E-state index contributed by atoms with van der Waals surface area (Å²) in [6, 6.07) is 15.2. The fourth-order valence-electron chi connectivity index (χ4n) is 3.46. The van der Waals surface area contributed by atoms with Gasteiger partial charge in [-0.25, -0.2) is 0 Å². The Kier molecular flexibility index (Phi) is 11.0. The SMILES string of the molecule is CN=C(NCc1ccccc1CN1CCOCC1)NCc1ccc(C)cc1SC.I. The Bertz CT molecular complexity index is 825. The Morgan fingerprint density at radius 3 is 2.37 bits per heavy atom. The molecule has 2 N–H and O–H groups in total. The predicted octanol–water partition coefficient (Wildman–Crippen LogP) is 4.03. The number of ether oxygens (including phenoxy) is 1. The number of halogens is 1. The third kappa shape index (κ3) is 7.44. The number of nitrogens with one attached hydrogen (secondary N) is 2. The number of hydrogen-bond donors (Lipinski definition) is 2. The van der Waals surface area contributed by atoms with Crippen molar-refractivity contribution in [2.75, 3.05) is 39.6 Å². The molecule has 0 unspecified atom stereocenters. The first kappa shape index (κ1) is 25.0. The fourth-order valence-corrected chi connectivity index (χ4v) is 4.17. The summed E-state index contributed by atoms with van der Waals surface area (Å²) < 4.78 is 5.47. The van der Waals surface area contributed by atoms with Crippen molar-refractivity contribution in [1.82, 2.24) is 15.5 Å². The quantitative estimate of drug-likeness (QED) is 0.241. The van der Waals surface area contributed by atoms with E-state index in [1.807, 2.05) is 7.05 Å². The summed E-state index contributed by atoms with van der Waals surface area (Å²) in [5, 5.41) is 6.92. The topological polar surface area (TPSA) is 48.9 Å². The van der Waals surface area contributed by atoms with Gasteiger partial charge in [-0.15, -0.1) is 35.7 Å². The molecule has 0 saturated carbocycles. The van der Waals surface area contributed by atoms with Gasteiger partial charge >= 0.3 is 0 Å². The predicted molar refractivity (Wildman–Crippen MR) is 138 cm³/mol. The van der Waals surface area contributed by atoms with Gasteiger partial charge in [0, 0.05) is 44.7 Å². The fraction of sp³-hybridized carbons (Fsp3) is 0.435. The lowest BCUT2D eigenvalue weighted by molar-refractivity contribution is 0.0341. The largest absolute Gasteiger partial charge is 0.379 e. The first-order valence-electron chi connectivity index (χ1n) is 10.1. The van der Waals surface area contributed by atoms with E-state index in [4.69, 9.17) is 4.74 Å². The molecule has 2 aromatic carbocycles. The van der Waals surface area contributed by atoms with E-state index in [1.165, 1.54) is 27.1 Å².